The molecule has 2 aromatic rings. The van der Waals surface area contributed by atoms with Crippen LogP contribution in [0.25, 0.3) is 0 Å². The zero-order chi connectivity index (χ0) is 14.5. The van der Waals surface area contributed by atoms with Gasteiger partial charge in [0.25, 0.3) is 0 Å². The zero-order valence-corrected chi connectivity index (χ0v) is 12.3. The summed E-state index contributed by atoms with van der Waals surface area (Å²) >= 11 is 0. The van der Waals surface area contributed by atoms with E-state index in [4.69, 9.17) is 9.47 Å². The number of pyridine rings is 1. The summed E-state index contributed by atoms with van der Waals surface area (Å²) in [5.41, 5.74) is 3.03. The average Bonchev–Trinajstić information content (AvgIpc) is 2.47. The predicted molar refractivity (Wildman–Crippen MR) is 79.4 cm³/mol. The topological polar surface area (TPSA) is 43.4 Å². The highest BCUT2D eigenvalue weighted by atomic mass is 16.5. The van der Waals surface area contributed by atoms with E-state index in [0.29, 0.717) is 0 Å². The Kier molecular flexibility index (Phi) is 4.58. The van der Waals surface area contributed by atoms with Crippen molar-refractivity contribution in [3.63, 3.8) is 0 Å². The van der Waals surface area contributed by atoms with Crippen molar-refractivity contribution in [3.8, 4) is 11.5 Å². The molecule has 20 heavy (non-hydrogen) atoms. The number of rotatable bonds is 5. The van der Waals surface area contributed by atoms with Crippen molar-refractivity contribution in [1.82, 2.24) is 10.3 Å². The van der Waals surface area contributed by atoms with E-state index < -0.39 is 0 Å². The fourth-order valence-corrected chi connectivity index (χ4v) is 2.21. The molecule has 0 aliphatic heterocycles. The van der Waals surface area contributed by atoms with Crippen molar-refractivity contribution in [2.45, 2.75) is 13.0 Å². The SMILES string of the molecule is CNC(c1cc(OC)cc(OC)c1)c1cccc(C)n1. The van der Waals surface area contributed by atoms with E-state index in [9.17, 15) is 0 Å². The summed E-state index contributed by atoms with van der Waals surface area (Å²) in [5.74, 6) is 1.54. The van der Waals surface area contributed by atoms with Crippen LogP contribution in [0.1, 0.15) is 23.0 Å². The van der Waals surface area contributed by atoms with Gasteiger partial charge in [-0.25, -0.2) is 0 Å². The first-order valence-corrected chi connectivity index (χ1v) is 6.51. The maximum Gasteiger partial charge on any atom is 0.122 e. The first-order valence-electron chi connectivity index (χ1n) is 6.51. The average molecular weight is 272 g/mol. The number of methoxy groups -OCH3 is 2. The molecule has 4 heteroatoms. The highest BCUT2D eigenvalue weighted by Crippen LogP contribution is 2.29. The Morgan fingerprint density at radius 1 is 1.05 bits per heavy atom. The van der Waals surface area contributed by atoms with Gasteiger partial charge in [0.15, 0.2) is 0 Å². The molecule has 2 rings (SSSR count). The lowest BCUT2D eigenvalue weighted by molar-refractivity contribution is 0.392. The number of nitrogens with zero attached hydrogens (tertiary/aromatic N) is 1. The predicted octanol–water partition coefficient (Wildman–Crippen LogP) is 2.72. The van der Waals surface area contributed by atoms with Gasteiger partial charge in [0.05, 0.1) is 26.0 Å². The highest BCUT2D eigenvalue weighted by Gasteiger charge is 2.15. The van der Waals surface area contributed by atoms with Gasteiger partial charge in [-0.2, -0.15) is 0 Å². The van der Waals surface area contributed by atoms with Crippen molar-refractivity contribution in [1.29, 1.82) is 0 Å². The Bertz CT molecular complexity index is 562. The third-order valence-electron chi connectivity index (χ3n) is 3.20. The van der Waals surface area contributed by atoms with Crippen LogP contribution in [0.2, 0.25) is 0 Å². The second kappa shape index (κ2) is 6.39. The van der Waals surface area contributed by atoms with Gasteiger partial charge in [-0.15, -0.1) is 0 Å². The summed E-state index contributed by atoms with van der Waals surface area (Å²) in [4.78, 5) is 4.59. The van der Waals surface area contributed by atoms with Crippen LogP contribution in [0.15, 0.2) is 36.4 Å². The summed E-state index contributed by atoms with van der Waals surface area (Å²) in [6.07, 6.45) is 0. The fraction of sp³-hybridized carbons (Fsp3) is 0.312. The van der Waals surface area contributed by atoms with Crippen LogP contribution >= 0.6 is 0 Å². The van der Waals surface area contributed by atoms with E-state index in [1.165, 1.54) is 0 Å². The van der Waals surface area contributed by atoms with E-state index in [2.05, 4.69) is 10.3 Å². The van der Waals surface area contributed by atoms with Crippen LogP contribution in [-0.2, 0) is 0 Å². The lowest BCUT2D eigenvalue weighted by Gasteiger charge is -2.18. The molecule has 0 saturated heterocycles. The second-order valence-electron chi connectivity index (χ2n) is 4.57. The number of hydrogen-bond donors (Lipinski definition) is 1. The molecule has 1 aromatic heterocycles. The van der Waals surface area contributed by atoms with Gasteiger partial charge >= 0.3 is 0 Å². The largest absolute Gasteiger partial charge is 0.497 e. The van der Waals surface area contributed by atoms with E-state index in [-0.39, 0.29) is 6.04 Å². The van der Waals surface area contributed by atoms with Crippen molar-refractivity contribution in [3.05, 3.63) is 53.3 Å². The fourth-order valence-electron chi connectivity index (χ4n) is 2.21. The van der Waals surface area contributed by atoms with Gasteiger partial charge in [-0.1, -0.05) is 6.07 Å². The standard InChI is InChI=1S/C16H20N2O2/c1-11-6-5-7-15(18-11)16(17-2)12-8-13(19-3)10-14(9-12)20-4/h5-10,16-17H,1-4H3. The minimum Gasteiger partial charge on any atom is -0.497 e. The first kappa shape index (κ1) is 14.3. The van der Waals surface area contributed by atoms with Crippen LogP contribution in [-0.4, -0.2) is 26.3 Å². The molecule has 4 nitrogen and oxygen atoms in total. The molecule has 0 aliphatic carbocycles. The molecule has 0 spiro atoms. The molecular formula is C16H20N2O2. The molecule has 1 heterocycles. The van der Waals surface area contributed by atoms with Crippen molar-refractivity contribution in [2.24, 2.45) is 0 Å². The number of aromatic nitrogens is 1. The lowest BCUT2D eigenvalue weighted by atomic mass is 10.0. The maximum absolute atomic E-state index is 5.32. The Morgan fingerprint density at radius 3 is 2.20 bits per heavy atom. The van der Waals surface area contributed by atoms with Crippen molar-refractivity contribution < 1.29 is 9.47 Å². The van der Waals surface area contributed by atoms with Gasteiger partial charge in [-0.3, -0.25) is 4.98 Å². The highest BCUT2D eigenvalue weighted by molar-refractivity contribution is 5.42. The third kappa shape index (κ3) is 3.08. The molecule has 0 aliphatic rings. The van der Waals surface area contributed by atoms with Gasteiger partial charge < -0.3 is 14.8 Å². The van der Waals surface area contributed by atoms with Gasteiger partial charge in [0.2, 0.25) is 0 Å². The Hall–Kier alpha value is -2.07. The number of ether oxygens (including phenoxy) is 2. The lowest BCUT2D eigenvalue weighted by Crippen LogP contribution is -2.19. The maximum atomic E-state index is 5.32. The molecule has 0 fully saturated rings. The normalized spacial score (nSPS) is 12.0. The minimum atomic E-state index is -0.00102. The van der Waals surface area contributed by atoms with Crippen LogP contribution in [0.3, 0.4) is 0 Å². The van der Waals surface area contributed by atoms with E-state index in [1.54, 1.807) is 14.2 Å². The summed E-state index contributed by atoms with van der Waals surface area (Å²) in [7, 11) is 5.22. The van der Waals surface area contributed by atoms with Crippen molar-refractivity contribution >= 4 is 0 Å². The first-order chi connectivity index (χ1) is 9.67. The van der Waals surface area contributed by atoms with Gasteiger partial charge in [0.1, 0.15) is 11.5 Å². The van der Waals surface area contributed by atoms with Crippen LogP contribution in [0.4, 0.5) is 0 Å². The molecule has 1 aromatic carbocycles. The minimum absolute atomic E-state index is 0.00102. The summed E-state index contributed by atoms with van der Waals surface area (Å²) < 4.78 is 10.6. The molecule has 0 radical (unpaired) electrons. The molecular weight excluding hydrogens is 252 g/mol. The number of benzene rings is 1. The Morgan fingerprint density at radius 2 is 1.70 bits per heavy atom. The van der Waals surface area contributed by atoms with Gasteiger partial charge in [0, 0.05) is 11.8 Å². The third-order valence-corrected chi connectivity index (χ3v) is 3.20. The Balaban J connectivity index is 2.45. The van der Waals surface area contributed by atoms with E-state index in [1.807, 2.05) is 50.4 Å². The zero-order valence-electron chi connectivity index (χ0n) is 12.3. The summed E-state index contributed by atoms with van der Waals surface area (Å²) in [5, 5.41) is 3.29. The number of hydrogen-bond acceptors (Lipinski definition) is 4. The van der Waals surface area contributed by atoms with Crippen LogP contribution in [0.5, 0.6) is 11.5 Å². The number of nitrogens with one attached hydrogen (secondary N) is 1. The van der Waals surface area contributed by atoms with E-state index in [0.717, 1.165) is 28.5 Å². The number of aryl methyl sites for hydroxylation is 1. The van der Waals surface area contributed by atoms with Gasteiger partial charge in [-0.05, 0) is 43.8 Å². The molecule has 1 N–H and O–H groups in total. The second-order valence-corrected chi connectivity index (χ2v) is 4.57. The monoisotopic (exact) mass is 272 g/mol. The van der Waals surface area contributed by atoms with E-state index >= 15 is 0 Å². The smallest absolute Gasteiger partial charge is 0.122 e. The molecule has 106 valence electrons. The van der Waals surface area contributed by atoms with Crippen molar-refractivity contribution in [2.75, 3.05) is 21.3 Å². The summed E-state index contributed by atoms with van der Waals surface area (Å²) in [6.45, 7) is 1.99. The Labute approximate surface area is 119 Å². The molecule has 1 atom stereocenters. The molecule has 0 saturated carbocycles. The molecule has 0 bridgehead atoms. The molecule has 1 unspecified atom stereocenters. The molecule has 0 amide bonds. The summed E-state index contributed by atoms with van der Waals surface area (Å²) in [6, 6.07) is 11.9. The van der Waals surface area contributed by atoms with Crippen LogP contribution < -0.4 is 14.8 Å². The quantitative estimate of drug-likeness (QED) is 0.909. The van der Waals surface area contributed by atoms with Crippen LogP contribution in [0, 0.1) is 6.92 Å².